The van der Waals surface area contributed by atoms with E-state index in [1.165, 1.54) is 0 Å². The molecule has 0 amide bonds. The highest BCUT2D eigenvalue weighted by molar-refractivity contribution is 9.09. The third-order valence-electron chi connectivity index (χ3n) is 3.32. The number of nitriles is 1. The van der Waals surface area contributed by atoms with Crippen molar-refractivity contribution in [3.8, 4) is 11.8 Å². The lowest BCUT2D eigenvalue weighted by Gasteiger charge is -2.21. The molecule has 2 aromatic rings. The van der Waals surface area contributed by atoms with E-state index in [0.29, 0.717) is 17.8 Å². The van der Waals surface area contributed by atoms with Crippen molar-refractivity contribution in [3.63, 3.8) is 0 Å². The Kier molecular flexibility index (Phi) is 2.83. The van der Waals surface area contributed by atoms with Crippen molar-refractivity contribution in [1.29, 1.82) is 5.26 Å². The third-order valence-corrected chi connectivity index (χ3v) is 3.91. The van der Waals surface area contributed by atoms with Crippen LogP contribution in [0.2, 0.25) is 0 Å². The smallest absolute Gasteiger partial charge is 0.354 e. The lowest BCUT2D eigenvalue weighted by molar-refractivity contribution is 0.296. The van der Waals surface area contributed by atoms with Crippen molar-refractivity contribution in [2.45, 2.75) is 18.2 Å². The van der Waals surface area contributed by atoms with E-state index in [0.717, 1.165) is 23.1 Å². The summed E-state index contributed by atoms with van der Waals surface area (Å²) in [5, 5.41) is 9.79. The second-order valence-corrected chi connectivity index (χ2v) is 5.86. The second-order valence-electron chi connectivity index (χ2n) is 4.57. The van der Waals surface area contributed by atoms with Gasteiger partial charge in [-0.15, -0.1) is 0 Å². The number of hydrogen-bond acceptors (Lipinski definition) is 4. The number of fused-ring (bicyclic) bond motifs is 2. The van der Waals surface area contributed by atoms with E-state index in [9.17, 15) is 4.79 Å². The Morgan fingerprint density at radius 2 is 2.26 bits per heavy atom. The molecule has 1 aromatic heterocycles. The van der Waals surface area contributed by atoms with Gasteiger partial charge in [0.05, 0.1) is 4.83 Å². The summed E-state index contributed by atoms with van der Waals surface area (Å²) >= 11 is 3.53. The van der Waals surface area contributed by atoms with E-state index in [4.69, 9.17) is 14.4 Å². The zero-order valence-electron chi connectivity index (χ0n) is 10.2. The standard InChI is InChI=1S/C14H10BrNO3/c1-7-10-3-8-2-9(15)6-18-12(8)4-13(10)19-14(17)11(7)5-16/h3-4,9H,2,6H2,1H3. The molecule has 3 rings (SSSR count). The Hall–Kier alpha value is -1.80. The molecule has 4 nitrogen and oxygen atoms in total. The molecule has 0 aliphatic carbocycles. The topological polar surface area (TPSA) is 63.2 Å². The monoisotopic (exact) mass is 319 g/mol. The molecule has 2 heterocycles. The van der Waals surface area contributed by atoms with Gasteiger partial charge in [-0.2, -0.15) is 5.26 Å². The zero-order chi connectivity index (χ0) is 13.6. The predicted octanol–water partition coefficient (Wildman–Crippen LogP) is 2.67. The van der Waals surface area contributed by atoms with Gasteiger partial charge in [0.15, 0.2) is 0 Å². The van der Waals surface area contributed by atoms with Crippen molar-refractivity contribution in [1.82, 2.24) is 0 Å². The molecule has 19 heavy (non-hydrogen) atoms. The average molecular weight is 320 g/mol. The molecule has 1 aliphatic heterocycles. The van der Waals surface area contributed by atoms with Gasteiger partial charge in [-0.3, -0.25) is 0 Å². The molecule has 0 N–H and O–H groups in total. The number of benzene rings is 1. The van der Waals surface area contributed by atoms with E-state index in [1.807, 2.05) is 12.1 Å². The first-order valence-electron chi connectivity index (χ1n) is 5.87. The first kappa shape index (κ1) is 12.2. The molecule has 5 heteroatoms. The summed E-state index contributed by atoms with van der Waals surface area (Å²) in [4.78, 5) is 11.9. The summed E-state index contributed by atoms with van der Waals surface area (Å²) in [7, 11) is 0. The third kappa shape index (κ3) is 1.92. The van der Waals surface area contributed by atoms with Crippen molar-refractivity contribution < 1.29 is 9.15 Å². The Labute approximate surface area is 117 Å². The van der Waals surface area contributed by atoms with E-state index < -0.39 is 5.63 Å². The van der Waals surface area contributed by atoms with Crippen molar-refractivity contribution in [3.05, 3.63) is 39.2 Å². The van der Waals surface area contributed by atoms with Gasteiger partial charge in [-0.25, -0.2) is 4.79 Å². The highest BCUT2D eigenvalue weighted by Gasteiger charge is 2.20. The van der Waals surface area contributed by atoms with Gasteiger partial charge in [0, 0.05) is 11.5 Å². The largest absolute Gasteiger partial charge is 0.492 e. The molecular weight excluding hydrogens is 310 g/mol. The van der Waals surface area contributed by atoms with Gasteiger partial charge >= 0.3 is 5.63 Å². The van der Waals surface area contributed by atoms with Gasteiger partial charge < -0.3 is 9.15 Å². The first-order chi connectivity index (χ1) is 9.10. The van der Waals surface area contributed by atoms with E-state index >= 15 is 0 Å². The summed E-state index contributed by atoms with van der Waals surface area (Å²) in [5.41, 5.74) is 1.66. The number of rotatable bonds is 0. The highest BCUT2D eigenvalue weighted by atomic mass is 79.9. The molecule has 1 unspecified atom stereocenters. The molecule has 0 bridgehead atoms. The minimum Gasteiger partial charge on any atom is -0.492 e. The zero-order valence-corrected chi connectivity index (χ0v) is 11.8. The summed E-state index contributed by atoms with van der Waals surface area (Å²) < 4.78 is 10.8. The van der Waals surface area contributed by atoms with Crippen LogP contribution in [0.1, 0.15) is 16.7 Å². The Morgan fingerprint density at radius 3 is 3.00 bits per heavy atom. The summed E-state index contributed by atoms with van der Waals surface area (Å²) in [6, 6.07) is 5.57. The van der Waals surface area contributed by atoms with Crippen LogP contribution in [0.5, 0.6) is 5.75 Å². The van der Waals surface area contributed by atoms with Gasteiger partial charge in [-0.1, -0.05) is 15.9 Å². The predicted molar refractivity (Wildman–Crippen MR) is 73.9 cm³/mol. The number of halogens is 1. The van der Waals surface area contributed by atoms with Crippen LogP contribution in [0.15, 0.2) is 21.3 Å². The number of aryl methyl sites for hydroxylation is 1. The minimum atomic E-state index is -0.596. The molecular formula is C14H10BrNO3. The van der Waals surface area contributed by atoms with Crippen LogP contribution < -0.4 is 10.4 Å². The van der Waals surface area contributed by atoms with Gasteiger partial charge in [0.2, 0.25) is 0 Å². The number of alkyl halides is 1. The van der Waals surface area contributed by atoms with Crippen LogP contribution in [0.25, 0.3) is 11.0 Å². The fourth-order valence-electron chi connectivity index (χ4n) is 2.32. The highest BCUT2D eigenvalue weighted by Crippen LogP contribution is 2.32. The number of ether oxygens (including phenoxy) is 1. The maximum atomic E-state index is 11.7. The second kappa shape index (κ2) is 4.39. The van der Waals surface area contributed by atoms with E-state index in [-0.39, 0.29) is 10.4 Å². The average Bonchev–Trinajstić information content (AvgIpc) is 2.38. The number of hydrogen-bond donors (Lipinski definition) is 0. The molecule has 1 aromatic carbocycles. The van der Waals surface area contributed by atoms with Crippen molar-refractivity contribution >= 4 is 26.9 Å². The minimum absolute atomic E-state index is 0.0690. The Balaban J connectivity index is 2.33. The molecule has 0 spiro atoms. The maximum absolute atomic E-state index is 11.7. The molecule has 0 radical (unpaired) electrons. The van der Waals surface area contributed by atoms with Crippen LogP contribution in [0, 0.1) is 18.3 Å². The van der Waals surface area contributed by atoms with Crippen LogP contribution >= 0.6 is 15.9 Å². The normalized spacial score (nSPS) is 17.6. The molecule has 96 valence electrons. The fourth-order valence-corrected chi connectivity index (χ4v) is 2.80. The Morgan fingerprint density at radius 1 is 1.47 bits per heavy atom. The Bertz CT molecular complexity index is 773. The summed E-state index contributed by atoms with van der Waals surface area (Å²) in [5.74, 6) is 0.746. The summed E-state index contributed by atoms with van der Waals surface area (Å²) in [6.45, 7) is 2.36. The fraction of sp³-hybridized carbons (Fsp3) is 0.286. The van der Waals surface area contributed by atoms with Crippen molar-refractivity contribution in [2.24, 2.45) is 0 Å². The molecule has 0 fully saturated rings. The van der Waals surface area contributed by atoms with Gasteiger partial charge in [0.1, 0.15) is 29.6 Å². The quantitative estimate of drug-likeness (QED) is 0.553. The molecule has 0 saturated carbocycles. The van der Waals surface area contributed by atoms with Crippen LogP contribution in [-0.2, 0) is 6.42 Å². The van der Waals surface area contributed by atoms with Gasteiger partial charge in [-0.05, 0) is 30.5 Å². The SMILES string of the molecule is Cc1c(C#N)c(=O)oc2cc3c(cc12)CC(Br)CO3. The molecule has 1 atom stereocenters. The van der Waals surface area contributed by atoms with Crippen LogP contribution in [0.3, 0.4) is 0 Å². The lowest BCUT2D eigenvalue weighted by Crippen LogP contribution is -2.20. The van der Waals surface area contributed by atoms with Crippen LogP contribution in [-0.4, -0.2) is 11.4 Å². The van der Waals surface area contributed by atoms with E-state index in [2.05, 4.69) is 15.9 Å². The lowest BCUT2D eigenvalue weighted by atomic mass is 10.00. The van der Waals surface area contributed by atoms with Crippen molar-refractivity contribution in [2.75, 3.05) is 6.61 Å². The first-order valence-corrected chi connectivity index (χ1v) is 6.79. The number of nitrogens with zero attached hydrogens (tertiary/aromatic N) is 1. The maximum Gasteiger partial charge on any atom is 0.354 e. The van der Waals surface area contributed by atoms with E-state index in [1.54, 1.807) is 13.0 Å². The van der Waals surface area contributed by atoms with Gasteiger partial charge in [0.25, 0.3) is 0 Å². The summed E-state index contributed by atoms with van der Waals surface area (Å²) in [6.07, 6.45) is 0.853. The molecule has 1 aliphatic rings. The van der Waals surface area contributed by atoms with Crippen LogP contribution in [0.4, 0.5) is 0 Å². The molecule has 0 saturated heterocycles.